The van der Waals surface area contributed by atoms with Crippen molar-refractivity contribution >= 4 is 34.9 Å². The lowest BCUT2D eigenvalue weighted by molar-refractivity contribution is -0.129. The Morgan fingerprint density at radius 2 is 2.06 bits per heavy atom. The molecule has 2 aliphatic heterocycles. The Bertz CT molecular complexity index is 1250. The summed E-state index contributed by atoms with van der Waals surface area (Å²) in [6.07, 6.45) is -1.09. The maximum Gasteiger partial charge on any atom is 0.263 e. The number of anilines is 2. The normalized spacial score (nSPS) is 21.4. The Kier molecular flexibility index (Phi) is 6.29. The highest BCUT2D eigenvalue weighted by Crippen LogP contribution is 2.29. The van der Waals surface area contributed by atoms with Crippen LogP contribution in [-0.4, -0.2) is 40.9 Å². The van der Waals surface area contributed by atoms with Gasteiger partial charge < -0.3 is 15.4 Å². The molecule has 2 fully saturated rings. The molecule has 0 saturated carbocycles. The van der Waals surface area contributed by atoms with E-state index in [0.717, 1.165) is 5.69 Å². The molecule has 0 bridgehead atoms. The Morgan fingerprint density at radius 1 is 1.26 bits per heavy atom. The number of ether oxygens (including phenoxy) is 1. The standard InChI is InChI=1S/C23H23ClFN7O3/c1-13-9-19(27-20(33)12-35-17-7-5-15(25)6-8-17)32(30-13)23-28-21-18(22(34)29-23)11-26-31(21)16-4-2-3-14(24)10-16/h2-10,18,21,23,26,28H,11-12H2,1H3,(H,27,33)(H,29,34). The molecule has 3 aromatic rings. The number of fused-ring (bicyclic) bond motifs is 1. The maximum absolute atomic E-state index is 13.1. The third-order valence-electron chi connectivity index (χ3n) is 5.73. The highest BCUT2D eigenvalue weighted by Gasteiger charge is 2.45. The van der Waals surface area contributed by atoms with Gasteiger partial charge in [0, 0.05) is 17.6 Å². The number of carbonyl (C=O) groups is 2. The lowest BCUT2D eigenvalue weighted by Crippen LogP contribution is -2.61. The number of hydrogen-bond donors (Lipinski definition) is 4. The van der Waals surface area contributed by atoms with Gasteiger partial charge in [-0.1, -0.05) is 17.7 Å². The molecule has 2 saturated heterocycles. The highest BCUT2D eigenvalue weighted by atomic mass is 35.5. The van der Waals surface area contributed by atoms with E-state index < -0.39 is 18.0 Å². The first-order valence-electron chi connectivity index (χ1n) is 11.0. The number of aryl methyl sites for hydroxylation is 1. The van der Waals surface area contributed by atoms with Crippen molar-refractivity contribution in [2.75, 3.05) is 23.5 Å². The van der Waals surface area contributed by atoms with E-state index in [0.29, 0.717) is 28.8 Å². The SMILES string of the molecule is Cc1cc(NC(=O)COc2ccc(F)cc2)n(C2NC(=O)C3CNN(c4cccc(Cl)c4)C3N2)n1. The fraction of sp³-hybridized carbons (Fsp3) is 0.261. The molecule has 10 nitrogen and oxygen atoms in total. The Morgan fingerprint density at radius 3 is 2.83 bits per heavy atom. The van der Waals surface area contributed by atoms with Crippen molar-refractivity contribution in [3.05, 3.63) is 71.1 Å². The molecule has 5 rings (SSSR count). The van der Waals surface area contributed by atoms with E-state index in [4.69, 9.17) is 16.3 Å². The maximum atomic E-state index is 13.1. The molecule has 0 aliphatic carbocycles. The molecule has 12 heteroatoms. The first-order valence-corrected chi connectivity index (χ1v) is 11.3. The van der Waals surface area contributed by atoms with E-state index in [-0.39, 0.29) is 24.6 Å². The predicted molar refractivity (Wildman–Crippen MR) is 127 cm³/mol. The number of hydrogen-bond acceptors (Lipinski definition) is 7. The van der Waals surface area contributed by atoms with Crippen LogP contribution in [-0.2, 0) is 9.59 Å². The monoisotopic (exact) mass is 499 g/mol. The summed E-state index contributed by atoms with van der Waals surface area (Å²) < 4.78 is 20.0. The van der Waals surface area contributed by atoms with Gasteiger partial charge in [0.2, 0.25) is 5.91 Å². The van der Waals surface area contributed by atoms with E-state index in [2.05, 4.69) is 26.5 Å². The molecule has 35 heavy (non-hydrogen) atoms. The smallest absolute Gasteiger partial charge is 0.263 e. The number of benzene rings is 2. The first kappa shape index (κ1) is 23.1. The minimum atomic E-state index is -0.715. The summed E-state index contributed by atoms with van der Waals surface area (Å²) in [5.41, 5.74) is 4.71. The van der Waals surface area contributed by atoms with Crippen molar-refractivity contribution in [1.82, 2.24) is 25.8 Å². The van der Waals surface area contributed by atoms with Gasteiger partial charge in [-0.15, -0.1) is 0 Å². The van der Waals surface area contributed by atoms with E-state index in [1.807, 2.05) is 23.2 Å². The number of halogens is 2. The van der Waals surface area contributed by atoms with Crippen LogP contribution >= 0.6 is 11.6 Å². The Balaban J connectivity index is 1.30. The van der Waals surface area contributed by atoms with E-state index >= 15 is 0 Å². The van der Waals surface area contributed by atoms with Gasteiger partial charge in [-0.25, -0.2) is 14.5 Å². The van der Waals surface area contributed by atoms with Crippen LogP contribution in [0, 0.1) is 18.7 Å². The van der Waals surface area contributed by atoms with Crippen molar-refractivity contribution in [3.63, 3.8) is 0 Å². The molecular formula is C23H23ClFN7O3. The van der Waals surface area contributed by atoms with Crippen molar-refractivity contribution in [2.24, 2.45) is 5.92 Å². The highest BCUT2D eigenvalue weighted by molar-refractivity contribution is 6.30. The molecule has 2 aliphatic rings. The summed E-state index contributed by atoms with van der Waals surface area (Å²) in [7, 11) is 0. The summed E-state index contributed by atoms with van der Waals surface area (Å²) in [6.45, 7) is 1.95. The zero-order chi connectivity index (χ0) is 24.5. The van der Waals surface area contributed by atoms with Crippen LogP contribution in [0.5, 0.6) is 5.75 Å². The van der Waals surface area contributed by atoms with Crippen molar-refractivity contribution in [3.8, 4) is 5.75 Å². The van der Waals surface area contributed by atoms with E-state index in [1.54, 1.807) is 19.1 Å². The third-order valence-corrected chi connectivity index (χ3v) is 5.96. The van der Waals surface area contributed by atoms with E-state index in [1.165, 1.54) is 28.9 Å². The van der Waals surface area contributed by atoms with Crippen LogP contribution in [0.2, 0.25) is 5.02 Å². The number of carbonyl (C=O) groups excluding carboxylic acids is 2. The van der Waals surface area contributed by atoms with E-state index in [9.17, 15) is 14.0 Å². The average Bonchev–Trinajstić information content (AvgIpc) is 3.42. The predicted octanol–water partition coefficient (Wildman–Crippen LogP) is 2.14. The minimum absolute atomic E-state index is 0.152. The van der Waals surface area contributed by atoms with Gasteiger partial charge in [-0.05, 0) is 49.4 Å². The van der Waals surface area contributed by atoms with Gasteiger partial charge in [-0.3, -0.25) is 19.9 Å². The number of amides is 2. The van der Waals surface area contributed by atoms with Gasteiger partial charge in [-0.2, -0.15) is 5.10 Å². The van der Waals surface area contributed by atoms with Crippen molar-refractivity contribution in [1.29, 1.82) is 0 Å². The molecule has 3 atom stereocenters. The second-order valence-electron chi connectivity index (χ2n) is 8.25. The van der Waals surface area contributed by atoms with Crippen LogP contribution in [0.15, 0.2) is 54.6 Å². The number of nitrogens with one attached hydrogen (secondary N) is 4. The van der Waals surface area contributed by atoms with Gasteiger partial charge in [0.25, 0.3) is 5.91 Å². The molecule has 1 aromatic heterocycles. The van der Waals surface area contributed by atoms with Gasteiger partial charge in [0.15, 0.2) is 12.9 Å². The Hall–Kier alpha value is -3.67. The molecule has 3 unspecified atom stereocenters. The van der Waals surface area contributed by atoms with Crippen LogP contribution in [0.4, 0.5) is 15.9 Å². The average molecular weight is 500 g/mol. The van der Waals surface area contributed by atoms with Crippen LogP contribution in [0.3, 0.4) is 0 Å². The second-order valence-corrected chi connectivity index (χ2v) is 8.68. The van der Waals surface area contributed by atoms with Crippen molar-refractivity contribution < 1.29 is 18.7 Å². The minimum Gasteiger partial charge on any atom is -0.484 e. The number of nitrogens with zero attached hydrogens (tertiary/aromatic N) is 3. The molecular weight excluding hydrogens is 477 g/mol. The Labute approximate surface area is 205 Å². The molecule has 2 amide bonds. The third kappa shape index (κ3) is 4.92. The number of hydrazine groups is 1. The first-order chi connectivity index (χ1) is 16.9. The molecule has 3 heterocycles. The molecule has 0 radical (unpaired) electrons. The quantitative estimate of drug-likeness (QED) is 0.411. The van der Waals surface area contributed by atoms with Crippen LogP contribution in [0.1, 0.15) is 12.0 Å². The largest absolute Gasteiger partial charge is 0.484 e. The fourth-order valence-corrected chi connectivity index (χ4v) is 4.32. The zero-order valence-electron chi connectivity index (χ0n) is 18.7. The van der Waals surface area contributed by atoms with Gasteiger partial charge in [0.05, 0.1) is 17.3 Å². The molecule has 0 spiro atoms. The summed E-state index contributed by atoms with van der Waals surface area (Å²) >= 11 is 6.16. The molecule has 2 aromatic carbocycles. The zero-order valence-corrected chi connectivity index (χ0v) is 19.4. The lowest BCUT2D eigenvalue weighted by Gasteiger charge is -2.37. The van der Waals surface area contributed by atoms with Crippen molar-refractivity contribution in [2.45, 2.75) is 19.4 Å². The molecule has 4 N–H and O–H groups in total. The van der Waals surface area contributed by atoms with Crippen LogP contribution < -0.4 is 31.1 Å². The summed E-state index contributed by atoms with van der Waals surface area (Å²) in [5.74, 6) is -0.569. The second kappa shape index (κ2) is 9.53. The van der Waals surface area contributed by atoms with Crippen LogP contribution in [0.25, 0.3) is 0 Å². The fourth-order valence-electron chi connectivity index (χ4n) is 4.13. The summed E-state index contributed by atoms with van der Waals surface area (Å²) in [5, 5.41) is 16.0. The van der Waals surface area contributed by atoms with Gasteiger partial charge in [0.1, 0.15) is 23.6 Å². The topological polar surface area (TPSA) is 113 Å². The summed E-state index contributed by atoms with van der Waals surface area (Å²) in [4.78, 5) is 25.4. The number of aromatic nitrogens is 2. The van der Waals surface area contributed by atoms with Gasteiger partial charge >= 0.3 is 0 Å². The number of rotatable bonds is 6. The molecule has 182 valence electrons. The summed E-state index contributed by atoms with van der Waals surface area (Å²) in [6, 6.07) is 14.4. The lowest BCUT2D eigenvalue weighted by atomic mass is 10.0.